The van der Waals surface area contributed by atoms with Gasteiger partial charge in [0.15, 0.2) is 0 Å². The molecule has 0 aliphatic rings. The fourth-order valence-corrected chi connectivity index (χ4v) is 1.04. The Hall–Kier alpha value is -2.08. The van der Waals surface area contributed by atoms with Gasteiger partial charge in [-0.15, -0.1) is 0 Å². The van der Waals surface area contributed by atoms with E-state index >= 15 is 0 Å². The Bertz CT molecular complexity index is 388. The maximum absolute atomic E-state index is 11.3. The van der Waals surface area contributed by atoms with Crippen molar-refractivity contribution in [2.45, 2.75) is 12.5 Å². The molecule has 0 bridgehead atoms. The van der Waals surface area contributed by atoms with E-state index in [2.05, 4.69) is 5.32 Å². The summed E-state index contributed by atoms with van der Waals surface area (Å²) in [6.45, 7) is 0. The number of carbonyl (C=O) groups is 2. The van der Waals surface area contributed by atoms with E-state index in [1.54, 1.807) is 0 Å². The van der Waals surface area contributed by atoms with Crippen molar-refractivity contribution in [3.63, 3.8) is 0 Å². The van der Waals surface area contributed by atoms with Crippen LogP contribution in [0.1, 0.15) is 6.42 Å². The fraction of sp³-hybridized carbons (Fsp3) is 0.200. The number of carbonyl (C=O) groups excluding carboxylic acids is 1. The van der Waals surface area contributed by atoms with E-state index < -0.39 is 17.9 Å². The Labute approximate surface area is 91.7 Å². The van der Waals surface area contributed by atoms with E-state index in [4.69, 9.17) is 15.9 Å². The third-order valence-corrected chi connectivity index (χ3v) is 1.87. The van der Waals surface area contributed by atoms with Crippen molar-refractivity contribution in [2.75, 3.05) is 5.32 Å². The smallest absolute Gasteiger partial charge is 0.321 e. The van der Waals surface area contributed by atoms with Gasteiger partial charge in [-0.1, -0.05) is 0 Å². The average Bonchev–Trinajstić information content (AvgIpc) is 2.21. The molecule has 0 fully saturated rings. The molecule has 0 radical (unpaired) electrons. The lowest BCUT2D eigenvalue weighted by Gasteiger charge is -2.07. The minimum absolute atomic E-state index is 0.0836. The molecule has 0 unspecified atom stereocenters. The quantitative estimate of drug-likeness (QED) is 0.543. The van der Waals surface area contributed by atoms with Gasteiger partial charge in [0.25, 0.3) is 0 Å². The number of benzene rings is 1. The number of aliphatic carboxylic acids is 1. The number of aromatic hydroxyl groups is 1. The second-order valence-electron chi connectivity index (χ2n) is 3.24. The third-order valence-electron chi connectivity index (χ3n) is 1.87. The predicted octanol–water partition coefficient (Wildman–Crippen LogP) is 0.133. The highest BCUT2D eigenvalue weighted by Crippen LogP contribution is 2.13. The highest BCUT2D eigenvalue weighted by molar-refractivity contribution is 5.93. The number of phenols is 1. The molecule has 0 aromatic heterocycles. The van der Waals surface area contributed by atoms with Gasteiger partial charge in [0.1, 0.15) is 11.8 Å². The molecular weight excluding hydrogens is 212 g/mol. The monoisotopic (exact) mass is 224 g/mol. The first kappa shape index (κ1) is 12.0. The van der Waals surface area contributed by atoms with Gasteiger partial charge in [0, 0.05) is 5.69 Å². The van der Waals surface area contributed by atoms with Crippen molar-refractivity contribution < 1.29 is 19.8 Å². The zero-order valence-electron chi connectivity index (χ0n) is 8.38. The number of carboxylic acid groups (broad SMARTS) is 1. The molecule has 1 aromatic rings. The van der Waals surface area contributed by atoms with Gasteiger partial charge < -0.3 is 21.3 Å². The lowest BCUT2D eigenvalue weighted by Crippen LogP contribution is -2.34. The standard InChI is InChI=1S/C10H12N2O4/c11-8(10(15)16)5-9(14)12-6-1-3-7(13)4-2-6/h1-4,8,13H,5,11H2,(H,12,14)(H,15,16)/t8-/m0/s1. The first-order valence-electron chi connectivity index (χ1n) is 4.56. The van der Waals surface area contributed by atoms with Gasteiger partial charge in [-0.3, -0.25) is 9.59 Å². The van der Waals surface area contributed by atoms with Gasteiger partial charge in [-0.05, 0) is 24.3 Å². The number of rotatable bonds is 4. The van der Waals surface area contributed by atoms with E-state index in [0.29, 0.717) is 5.69 Å². The summed E-state index contributed by atoms with van der Waals surface area (Å²) in [6, 6.07) is 4.61. The zero-order chi connectivity index (χ0) is 12.1. The molecule has 0 saturated carbocycles. The van der Waals surface area contributed by atoms with Gasteiger partial charge in [-0.2, -0.15) is 0 Å². The summed E-state index contributed by atoms with van der Waals surface area (Å²) in [7, 11) is 0. The number of hydrogen-bond acceptors (Lipinski definition) is 4. The second kappa shape index (κ2) is 5.13. The summed E-state index contributed by atoms with van der Waals surface area (Å²) >= 11 is 0. The Balaban J connectivity index is 2.52. The molecule has 6 heteroatoms. The summed E-state index contributed by atoms with van der Waals surface area (Å²) in [5.74, 6) is -1.62. The number of amides is 1. The molecule has 0 saturated heterocycles. The molecular formula is C10H12N2O4. The number of nitrogens with one attached hydrogen (secondary N) is 1. The lowest BCUT2D eigenvalue weighted by atomic mass is 10.2. The number of hydrogen-bond donors (Lipinski definition) is 4. The molecule has 0 spiro atoms. The number of nitrogens with two attached hydrogens (primary N) is 1. The van der Waals surface area contributed by atoms with Crippen LogP contribution in [0.15, 0.2) is 24.3 Å². The van der Waals surface area contributed by atoms with Crippen LogP contribution in [0.25, 0.3) is 0 Å². The lowest BCUT2D eigenvalue weighted by molar-refractivity contribution is -0.140. The summed E-state index contributed by atoms with van der Waals surface area (Å²) in [5.41, 5.74) is 5.67. The molecule has 16 heavy (non-hydrogen) atoms. The summed E-state index contributed by atoms with van der Waals surface area (Å²) in [4.78, 5) is 21.7. The SMILES string of the molecule is N[C@@H](CC(=O)Nc1ccc(O)cc1)C(=O)O. The van der Waals surface area contributed by atoms with Crippen LogP contribution in [0.2, 0.25) is 0 Å². The fourth-order valence-electron chi connectivity index (χ4n) is 1.04. The molecule has 0 aliphatic carbocycles. The van der Waals surface area contributed by atoms with Crippen LogP contribution in [0.5, 0.6) is 5.75 Å². The number of phenolic OH excluding ortho intramolecular Hbond substituents is 1. The van der Waals surface area contributed by atoms with Crippen LogP contribution in [0, 0.1) is 0 Å². The van der Waals surface area contributed by atoms with E-state index in [9.17, 15) is 9.59 Å². The summed E-state index contributed by atoms with van der Waals surface area (Å²) < 4.78 is 0. The molecule has 5 N–H and O–H groups in total. The Morgan fingerprint density at radius 2 is 1.88 bits per heavy atom. The van der Waals surface area contributed by atoms with Crippen LogP contribution in [0.3, 0.4) is 0 Å². The minimum atomic E-state index is -1.22. The van der Waals surface area contributed by atoms with Crippen molar-refractivity contribution in [1.82, 2.24) is 0 Å². The predicted molar refractivity (Wildman–Crippen MR) is 57.0 cm³/mol. The van der Waals surface area contributed by atoms with Crippen LogP contribution < -0.4 is 11.1 Å². The highest BCUT2D eigenvalue weighted by atomic mass is 16.4. The number of anilines is 1. The first-order chi connectivity index (χ1) is 7.49. The average molecular weight is 224 g/mol. The van der Waals surface area contributed by atoms with Crippen molar-refractivity contribution in [2.24, 2.45) is 5.73 Å². The van der Waals surface area contributed by atoms with Gasteiger partial charge in [0.05, 0.1) is 6.42 Å². The van der Waals surface area contributed by atoms with E-state index in [-0.39, 0.29) is 12.2 Å². The third kappa shape index (κ3) is 3.58. The van der Waals surface area contributed by atoms with Gasteiger partial charge in [0.2, 0.25) is 5.91 Å². The maximum Gasteiger partial charge on any atom is 0.321 e. The second-order valence-corrected chi connectivity index (χ2v) is 3.24. The molecule has 0 aliphatic heterocycles. The van der Waals surface area contributed by atoms with E-state index in [1.165, 1.54) is 24.3 Å². The molecule has 1 rings (SSSR count). The Morgan fingerprint density at radius 1 is 1.31 bits per heavy atom. The molecule has 86 valence electrons. The number of carboxylic acids is 1. The maximum atomic E-state index is 11.3. The van der Waals surface area contributed by atoms with Crippen molar-refractivity contribution in [1.29, 1.82) is 0 Å². The molecule has 1 atom stereocenters. The van der Waals surface area contributed by atoms with Crippen LogP contribution in [0.4, 0.5) is 5.69 Å². The molecule has 1 amide bonds. The van der Waals surface area contributed by atoms with Gasteiger partial charge >= 0.3 is 5.97 Å². The topological polar surface area (TPSA) is 113 Å². The van der Waals surface area contributed by atoms with Crippen LogP contribution in [-0.2, 0) is 9.59 Å². The highest BCUT2D eigenvalue weighted by Gasteiger charge is 2.16. The van der Waals surface area contributed by atoms with E-state index in [1.807, 2.05) is 0 Å². The Morgan fingerprint density at radius 3 is 2.38 bits per heavy atom. The van der Waals surface area contributed by atoms with Crippen LogP contribution >= 0.6 is 0 Å². The Kier molecular flexibility index (Phi) is 3.84. The van der Waals surface area contributed by atoms with E-state index in [0.717, 1.165) is 0 Å². The summed E-state index contributed by atoms with van der Waals surface area (Å²) in [6.07, 6.45) is -0.295. The molecule has 6 nitrogen and oxygen atoms in total. The van der Waals surface area contributed by atoms with Crippen LogP contribution in [-0.4, -0.2) is 28.1 Å². The van der Waals surface area contributed by atoms with Crippen molar-refractivity contribution >= 4 is 17.6 Å². The normalized spacial score (nSPS) is 11.8. The van der Waals surface area contributed by atoms with Crippen molar-refractivity contribution in [3.05, 3.63) is 24.3 Å². The zero-order valence-corrected chi connectivity index (χ0v) is 8.38. The molecule has 0 heterocycles. The van der Waals surface area contributed by atoms with Crippen molar-refractivity contribution in [3.8, 4) is 5.75 Å². The minimum Gasteiger partial charge on any atom is -0.508 e. The largest absolute Gasteiger partial charge is 0.508 e. The summed E-state index contributed by atoms with van der Waals surface area (Å²) in [5, 5.41) is 20.0. The molecule has 1 aromatic carbocycles. The first-order valence-corrected chi connectivity index (χ1v) is 4.56. The van der Waals surface area contributed by atoms with Gasteiger partial charge in [-0.25, -0.2) is 0 Å².